The maximum Gasteiger partial charge on any atom is 0.137 e. The average molecular weight is 211 g/mol. The molecule has 1 aromatic heterocycles. The van der Waals surface area contributed by atoms with Gasteiger partial charge in [0.2, 0.25) is 0 Å². The van der Waals surface area contributed by atoms with Crippen LogP contribution in [0.5, 0.6) is 5.75 Å². The Balaban J connectivity index is 2.17. The smallest absolute Gasteiger partial charge is 0.137 e. The molecule has 16 heavy (non-hydrogen) atoms. The Kier molecular flexibility index (Phi) is 3.34. The van der Waals surface area contributed by atoms with Gasteiger partial charge in [-0.1, -0.05) is 42.5 Å². The van der Waals surface area contributed by atoms with Crippen LogP contribution in [-0.2, 0) is 0 Å². The molecule has 0 amide bonds. The first kappa shape index (κ1) is 10.4. The molecule has 0 saturated carbocycles. The van der Waals surface area contributed by atoms with Crippen LogP contribution in [0.2, 0.25) is 0 Å². The number of nitrogens with zero attached hydrogens (tertiary/aromatic N) is 1. The number of aromatic nitrogens is 1. The van der Waals surface area contributed by atoms with E-state index in [9.17, 15) is 0 Å². The third kappa shape index (κ3) is 2.70. The van der Waals surface area contributed by atoms with Crippen molar-refractivity contribution < 1.29 is 4.74 Å². The highest BCUT2D eigenvalue weighted by atomic mass is 16.5. The van der Waals surface area contributed by atoms with Crippen LogP contribution in [0.15, 0.2) is 48.8 Å². The third-order valence-corrected chi connectivity index (χ3v) is 2.24. The summed E-state index contributed by atoms with van der Waals surface area (Å²) < 4.78 is 5.11. The summed E-state index contributed by atoms with van der Waals surface area (Å²) >= 11 is 0. The number of rotatable bonds is 3. The molecule has 0 atom stereocenters. The van der Waals surface area contributed by atoms with Crippen LogP contribution in [-0.4, -0.2) is 12.1 Å². The fourth-order valence-electron chi connectivity index (χ4n) is 1.39. The van der Waals surface area contributed by atoms with E-state index in [1.807, 2.05) is 36.5 Å². The van der Waals surface area contributed by atoms with Crippen molar-refractivity contribution in [2.45, 2.75) is 0 Å². The Hall–Kier alpha value is -2.09. The van der Waals surface area contributed by atoms with E-state index in [0.29, 0.717) is 0 Å². The molecule has 0 aliphatic rings. The standard InChI is InChI=1S/C14H13NO/c1-16-14-9-13(10-15-11-14)8-7-12-5-3-2-4-6-12/h2-11H,1H3/b8-7+. The molecule has 0 unspecified atom stereocenters. The predicted molar refractivity (Wildman–Crippen MR) is 66.2 cm³/mol. The summed E-state index contributed by atoms with van der Waals surface area (Å²) in [5.74, 6) is 0.773. The summed E-state index contributed by atoms with van der Waals surface area (Å²) in [7, 11) is 1.64. The molecular weight excluding hydrogens is 198 g/mol. The Morgan fingerprint density at radius 1 is 1.00 bits per heavy atom. The lowest BCUT2D eigenvalue weighted by molar-refractivity contribution is 0.413. The van der Waals surface area contributed by atoms with Gasteiger partial charge in [0, 0.05) is 6.20 Å². The number of benzene rings is 1. The van der Waals surface area contributed by atoms with E-state index in [0.717, 1.165) is 11.3 Å². The van der Waals surface area contributed by atoms with Gasteiger partial charge in [0.1, 0.15) is 5.75 Å². The van der Waals surface area contributed by atoms with Crippen molar-refractivity contribution in [1.82, 2.24) is 4.98 Å². The number of pyridine rings is 1. The highest BCUT2D eigenvalue weighted by Gasteiger charge is 1.92. The first-order valence-corrected chi connectivity index (χ1v) is 5.10. The van der Waals surface area contributed by atoms with Crippen LogP contribution in [0, 0.1) is 0 Å². The fourth-order valence-corrected chi connectivity index (χ4v) is 1.39. The number of methoxy groups -OCH3 is 1. The second-order valence-electron chi connectivity index (χ2n) is 3.40. The van der Waals surface area contributed by atoms with Gasteiger partial charge in [-0.25, -0.2) is 0 Å². The van der Waals surface area contributed by atoms with Crippen LogP contribution in [0.3, 0.4) is 0 Å². The summed E-state index contributed by atoms with van der Waals surface area (Å²) in [6.07, 6.45) is 7.57. The van der Waals surface area contributed by atoms with Crippen molar-refractivity contribution in [3.8, 4) is 5.75 Å². The van der Waals surface area contributed by atoms with Gasteiger partial charge in [-0.05, 0) is 17.2 Å². The molecule has 1 aromatic carbocycles. The molecule has 2 heteroatoms. The first-order chi connectivity index (χ1) is 7.88. The van der Waals surface area contributed by atoms with Crippen LogP contribution >= 0.6 is 0 Å². The van der Waals surface area contributed by atoms with Gasteiger partial charge in [-0.2, -0.15) is 0 Å². The molecule has 0 saturated heterocycles. The summed E-state index contributed by atoms with van der Waals surface area (Å²) in [5.41, 5.74) is 2.20. The normalized spacial score (nSPS) is 10.6. The molecule has 0 aliphatic heterocycles. The minimum atomic E-state index is 0.773. The van der Waals surface area contributed by atoms with Gasteiger partial charge in [-0.15, -0.1) is 0 Å². The molecule has 0 spiro atoms. The lowest BCUT2D eigenvalue weighted by Crippen LogP contribution is -1.84. The zero-order valence-electron chi connectivity index (χ0n) is 9.13. The highest BCUT2D eigenvalue weighted by molar-refractivity contribution is 5.69. The summed E-state index contributed by atoms with van der Waals surface area (Å²) in [5, 5.41) is 0. The lowest BCUT2D eigenvalue weighted by atomic mass is 10.2. The van der Waals surface area contributed by atoms with E-state index in [1.165, 1.54) is 5.56 Å². The molecule has 1 heterocycles. The molecule has 0 N–H and O–H groups in total. The highest BCUT2D eigenvalue weighted by Crippen LogP contribution is 2.13. The predicted octanol–water partition coefficient (Wildman–Crippen LogP) is 3.26. The third-order valence-electron chi connectivity index (χ3n) is 2.24. The molecule has 2 aromatic rings. The Morgan fingerprint density at radius 3 is 2.50 bits per heavy atom. The van der Waals surface area contributed by atoms with Gasteiger partial charge in [0.15, 0.2) is 0 Å². The summed E-state index contributed by atoms with van der Waals surface area (Å²) in [6.45, 7) is 0. The molecule has 0 fully saturated rings. The SMILES string of the molecule is COc1cncc(/C=C/c2ccccc2)c1. The van der Waals surface area contributed by atoms with E-state index in [1.54, 1.807) is 13.3 Å². The van der Waals surface area contributed by atoms with Gasteiger partial charge in [0.05, 0.1) is 13.3 Å². The Morgan fingerprint density at radius 2 is 1.75 bits per heavy atom. The molecule has 80 valence electrons. The molecule has 0 aliphatic carbocycles. The quantitative estimate of drug-likeness (QED) is 0.777. The van der Waals surface area contributed by atoms with Crippen molar-refractivity contribution in [3.05, 3.63) is 59.9 Å². The fraction of sp³-hybridized carbons (Fsp3) is 0.0714. The van der Waals surface area contributed by atoms with Crippen LogP contribution in [0.4, 0.5) is 0 Å². The van der Waals surface area contributed by atoms with Gasteiger partial charge >= 0.3 is 0 Å². The van der Waals surface area contributed by atoms with Crippen LogP contribution in [0.1, 0.15) is 11.1 Å². The average Bonchev–Trinajstić information content (AvgIpc) is 2.38. The van der Waals surface area contributed by atoms with E-state index in [-0.39, 0.29) is 0 Å². The summed E-state index contributed by atoms with van der Waals surface area (Å²) in [6, 6.07) is 12.1. The molecule has 0 radical (unpaired) electrons. The van der Waals surface area contributed by atoms with Gasteiger partial charge in [-0.3, -0.25) is 4.98 Å². The summed E-state index contributed by atoms with van der Waals surface area (Å²) in [4.78, 5) is 4.09. The zero-order chi connectivity index (χ0) is 11.2. The molecular formula is C14H13NO. The maximum atomic E-state index is 5.11. The topological polar surface area (TPSA) is 22.1 Å². The van der Waals surface area contributed by atoms with E-state index >= 15 is 0 Å². The molecule has 2 rings (SSSR count). The van der Waals surface area contributed by atoms with Crippen molar-refractivity contribution in [1.29, 1.82) is 0 Å². The van der Waals surface area contributed by atoms with Crippen molar-refractivity contribution in [2.24, 2.45) is 0 Å². The first-order valence-electron chi connectivity index (χ1n) is 5.10. The van der Waals surface area contributed by atoms with E-state index in [2.05, 4.69) is 23.2 Å². The monoisotopic (exact) mass is 211 g/mol. The van der Waals surface area contributed by atoms with E-state index in [4.69, 9.17) is 4.74 Å². The van der Waals surface area contributed by atoms with Crippen molar-refractivity contribution in [2.75, 3.05) is 7.11 Å². The number of ether oxygens (including phenoxy) is 1. The maximum absolute atomic E-state index is 5.11. The largest absolute Gasteiger partial charge is 0.495 e. The zero-order valence-corrected chi connectivity index (χ0v) is 9.13. The Bertz CT molecular complexity index is 477. The second-order valence-corrected chi connectivity index (χ2v) is 3.40. The van der Waals surface area contributed by atoms with Crippen LogP contribution < -0.4 is 4.74 Å². The van der Waals surface area contributed by atoms with Gasteiger partial charge < -0.3 is 4.74 Å². The molecule has 0 bridgehead atoms. The Labute approximate surface area is 95.2 Å². The van der Waals surface area contributed by atoms with Gasteiger partial charge in [0.25, 0.3) is 0 Å². The lowest BCUT2D eigenvalue weighted by Gasteiger charge is -1.99. The number of hydrogen-bond donors (Lipinski definition) is 0. The van der Waals surface area contributed by atoms with Crippen molar-refractivity contribution >= 4 is 12.2 Å². The molecule has 2 nitrogen and oxygen atoms in total. The van der Waals surface area contributed by atoms with Crippen molar-refractivity contribution in [3.63, 3.8) is 0 Å². The second kappa shape index (κ2) is 5.12. The number of hydrogen-bond acceptors (Lipinski definition) is 2. The van der Waals surface area contributed by atoms with E-state index < -0.39 is 0 Å². The van der Waals surface area contributed by atoms with Crippen LogP contribution in [0.25, 0.3) is 12.2 Å². The minimum absolute atomic E-state index is 0.773. The minimum Gasteiger partial charge on any atom is -0.495 e.